The fraction of sp³-hybridized carbons (Fsp3) is 0.500. The molecule has 0 bridgehead atoms. The summed E-state index contributed by atoms with van der Waals surface area (Å²) in [4.78, 5) is 12.3. The Labute approximate surface area is 88.1 Å². The van der Waals surface area contributed by atoms with Gasteiger partial charge in [0, 0.05) is 15.8 Å². The Morgan fingerprint density at radius 2 is 2.21 bits per heavy atom. The van der Waals surface area contributed by atoms with Gasteiger partial charge in [-0.2, -0.15) is 0 Å². The number of esters is 1. The molecular formula is C10H15NO2S. The van der Waals surface area contributed by atoms with Crippen LogP contribution in [0, 0.1) is 0 Å². The average molecular weight is 213 g/mol. The Balaban J connectivity index is 2.93. The third-order valence-corrected chi connectivity index (χ3v) is 3.52. The highest BCUT2D eigenvalue weighted by Gasteiger charge is 2.21. The lowest BCUT2D eigenvalue weighted by Gasteiger charge is -2.21. The summed E-state index contributed by atoms with van der Waals surface area (Å²) in [6.45, 7) is 4.14. The van der Waals surface area contributed by atoms with Crippen LogP contribution in [-0.4, -0.2) is 20.1 Å². The van der Waals surface area contributed by atoms with E-state index in [1.54, 1.807) is 11.3 Å². The van der Waals surface area contributed by atoms with Crippen molar-refractivity contribution in [2.75, 3.05) is 14.2 Å². The highest BCUT2D eigenvalue weighted by atomic mass is 32.1. The summed E-state index contributed by atoms with van der Waals surface area (Å²) in [5.74, 6) is -0.278. The summed E-state index contributed by atoms with van der Waals surface area (Å²) in [6.07, 6.45) is 0. The molecule has 0 unspecified atom stereocenters. The lowest BCUT2D eigenvalue weighted by atomic mass is 10.0. The second kappa shape index (κ2) is 4.11. The van der Waals surface area contributed by atoms with Crippen molar-refractivity contribution in [3.63, 3.8) is 0 Å². The molecule has 78 valence electrons. The lowest BCUT2D eigenvalue weighted by Crippen LogP contribution is -2.32. The van der Waals surface area contributed by atoms with E-state index in [2.05, 4.69) is 23.9 Å². The Morgan fingerprint density at radius 3 is 2.71 bits per heavy atom. The maximum atomic E-state index is 11.2. The Hall–Kier alpha value is -0.870. The molecule has 1 aromatic rings. The monoisotopic (exact) mass is 213 g/mol. The van der Waals surface area contributed by atoms with Crippen LogP contribution in [-0.2, 0) is 10.3 Å². The fourth-order valence-corrected chi connectivity index (χ4v) is 2.02. The van der Waals surface area contributed by atoms with Crippen molar-refractivity contribution in [3.05, 3.63) is 21.9 Å². The molecule has 0 saturated heterocycles. The van der Waals surface area contributed by atoms with Gasteiger partial charge in [0.1, 0.15) is 0 Å². The molecule has 14 heavy (non-hydrogen) atoms. The number of hydrogen-bond acceptors (Lipinski definition) is 4. The molecule has 0 amide bonds. The first-order chi connectivity index (χ1) is 6.51. The van der Waals surface area contributed by atoms with E-state index >= 15 is 0 Å². The zero-order chi connectivity index (χ0) is 10.8. The molecule has 0 radical (unpaired) electrons. The zero-order valence-corrected chi connectivity index (χ0v) is 9.70. The predicted molar refractivity (Wildman–Crippen MR) is 57.7 cm³/mol. The second-order valence-electron chi connectivity index (χ2n) is 3.57. The first-order valence-corrected chi connectivity index (χ1v) is 5.25. The van der Waals surface area contributed by atoms with Gasteiger partial charge >= 0.3 is 5.97 Å². The molecule has 0 aliphatic rings. The quantitative estimate of drug-likeness (QED) is 0.780. The molecule has 3 nitrogen and oxygen atoms in total. The molecule has 0 aliphatic heterocycles. The predicted octanol–water partition coefficient (Wildman–Crippen LogP) is 1.99. The van der Waals surface area contributed by atoms with E-state index < -0.39 is 0 Å². The Kier molecular flexibility index (Phi) is 3.29. The minimum absolute atomic E-state index is 0.100. The molecule has 0 fully saturated rings. The number of nitrogens with one attached hydrogen (secondary N) is 1. The Bertz CT molecular complexity index is 331. The van der Waals surface area contributed by atoms with Crippen molar-refractivity contribution >= 4 is 17.3 Å². The van der Waals surface area contributed by atoms with Crippen molar-refractivity contribution in [1.29, 1.82) is 0 Å². The van der Waals surface area contributed by atoms with E-state index in [9.17, 15) is 4.79 Å². The van der Waals surface area contributed by atoms with Crippen molar-refractivity contribution in [2.45, 2.75) is 19.4 Å². The maximum absolute atomic E-state index is 11.2. The molecule has 1 N–H and O–H groups in total. The molecule has 1 rings (SSSR count). The van der Waals surface area contributed by atoms with Gasteiger partial charge in [0.25, 0.3) is 0 Å². The van der Waals surface area contributed by atoms with Crippen molar-refractivity contribution in [3.8, 4) is 0 Å². The van der Waals surface area contributed by atoms with Gasteiger partial charge in [-0.1, -0.05) is 0 Å². The molecule has 1 aromatic heterocycles. The smallest absolute Gasteiger partial charge is 0.338 e. The van der Waals surface area contributed by atoms with Crippen LogP contribution >= 0.6 is 11.3 Å². The molecule has 1 heterocycles. The van der Waals surface area contributed by atoms with E-state index in [0.29, 0.717) is 5.56 Å². The van der Waals surface area contributed by atoms with Crippen LogP contribution < -0.4 is 5.32 Å². The normalized spacial score (nSPS) is 11.4. The molecule has 0 atom stereocenters. The second-order valence-corrected chi connectivity index (χ2v) is 4.48. The fourth-order valence-electron chi connectivity index (χ4n) is 1.01. The zero-order valence-electron chi connectivity index (χ0n) is 8.88. The number of methoxy groups -OCH3 is 1. The average Bonchev–Trinajstić information content (AvgIpc) is 2.66. The largest absolute Gasteiger partial charge is 0.465 e. The first-order valence-electron chi connectivity index (χ1n) is 4.37. The van der Waals surface area contributed by atoms with Crippen LogP contribution in [0.3, 0.4) is 0 Å². The number of carbonyl (C=O) groups is 1. The summed E-state index contributed by atoms with van der Waals surface area (Å²) < 4.78 is 4.64. The number of hydrogen-bond donors (Lipinski definition) is 1. The first kappa shape index (κ1) is 11.2. The Morgan fingerprint density at radius 1 is 1.57 bits per heavy atom. The van der Waals surface area contributed by atoms with Crippen LogP contribution in [0.15, 0.2) is 11.4 Å². The van der Waals surface area contributed by atoms with Crippen LogP contribution in [0.2, 0.25) is 0 Å². The highest BCUT2D eigenvalue weighted by molar-refractivity contribution is 7.10. The van der Waals surface area contributed by atoms with Crippen LogP contribution in [0.1, 0.15) is 29.1 Å². The van der Waals surface area contributed by atoms with E-state index in [0.717, 1.165) is 4.88 Å². The maximum Gasteiger partial charge on any atom is 0.338 e. The van der Waals surface area contributed by atoms with Gasteiger partial charge in [-0.05, 0) is 27.0 Å². The lowest BCUT2D eigenvalue weighted by molar-refractivity contribution is 0.0601. The number of ether oxygens (including phenoxy) is 1. The molecule has 0 aromatic carbocycles. The highest BCUT2D eigenvalue weighted by Crippen LogP contribution is 2.26. The van der Waals surface area contributed by atoms with E-state index in [1.807, 2.05) is 18.5 Å². The van der Waals surface area contributed by atoms with Gasteiger partial charge in [-0.3, -0.25) is 0 Å². The van der Waals surface area contributed by atoms with E-state index in [1.165, 1.54) is 7.11 Å². The van der Waals surface area contributed by atoms with Crippen molar-refractivity contribution in [2.24, 2.45) is 0 Å². The summed E-state index contributed by atoms with van der Waals surface area (Å²) in [6, 6.07) is 1.87. The summed E-state index contributed by atoms with van der Waals surface area (Å²) in [5, 5.41) is 5.01. The minimum atomic E-state index is -0.278. The molecule has 0 saturated carbocycles. The molecular weight excluding hydrogens is 198 g/mol. The van der Waals surface area contributed by atoms with Gasteiger partial charge in [-0.25, -0.2) is 4.79 Å². The number of thiophene rings is 1. The third kappa shape index (κ3) is 2.13. The third-order valence-electron chi connectivity index (χ3n) is 2.26. The SMILES string of the molecule is CNC(C)(C)c1cc(C(=O)OC)cs1. The standard InChI is InChI=1S/C10H15NO2S/c1-10(2,11-3)8-5-7(6-14-8)9(12)13-4/h5-6,11H,1-4H3. The topological polar surface area (TPSA) is 38.3 Å². The summed E-state index contributed by atoms with van der Waals surface area (Å²) in [5.41, 5.74) is 0.521. The number of rotatable bonds is 3. The van der Waals surface area contributed by atoms with Gasteiger partial charge in [0.15, 0.2) is 0 Å². The van der Waals surface area contributed by atoms with E-state index in [4.69, 9.17) is 0 Å². The summed E-state index contributed by atoms with van der Waals surface area (Å²) >= 11 is 1.56. The van der Waals surface area contributed by atoms with Gasteiger partial charge in [0.05, 0.1) is 12.7 Å². The van der Waals surface area contributed by atoms with Crippen LogP contribution in [0.4, 0.5) is 0 Å². The van der Waals surface area contributed by atoms with Gasteiger partial charge < -0.3 is 10.1 Å². The van der Waals surface area contributed by atoms with E-state index in [-0.39, 0.29) is 11.5 Å². The van der Waals surface area contributed by atoms with Gasteiger partial charge in [-0.15, -0.1) is 11.3 Å². The molecule has 0 aliphatic carbocycles. The van der Waals surface area contributed by atoms with Crippen LogP contribution in [0.25, 0.3) is 0 Å². The van der Waals surface area contributed by atoms with Crippen molar-refractivity contribution < 1.29 is 9.53 Å². The number of carbonyl (C=O) groups excluding carboxylic acids is 1. The van der Waals surface area contributed by atoms with Gasteiger partial charge in [0.2, 0.25) is 0 Å². The van der Waals surface area contributed by atoms with Crippen LogP contribution in [0.5, 0.6) is 0 Å². The van der Waals surface area contributed by atoms with Crippen molar-refractivity contribution in [1.82, 2.24) is 5.32 Å². The molecule has 0 spiro atoms. The summed E-state index contributed by atoms with van der Waals surface area (Å²) in [7, 11) is 3.29. The minimum Gasteiger partial charge on any atom is -0.465 e. The molecule has 4 heteroatoms.